The summed E-state index contributed by atoms with van der Waals surface area (Å²) < 4.78 is 0. The fourth-order valence-electron chi connectivity index (χ4n) is 2.36. The van der Waals surface area contributed by atoms with Crippen molar-refractivity contribution in [3.05, 3.63) is 0 Å². The molecule has 0 aliphatic rings. The van der Waals surface area contributed by atoms with Gasteiger partial charge in [-0.2, -0.15) is 0 Å². The molecule has 0 spiro atoms. The smallest absolute Gasteiger partial charge is 0.323 e. The SMILES string of the molecule is CC(C)CC(C)N(C)CCC(C)(NC(C)C)C(=O)O. The first-order valence-corrected chi connectivity index (χ1v) is 7.29. The van der Waals surface area contributed by atoms with Gasteiger partial charge in [0, 0.05) is 18.6 Å². The van der Waals surface area contributed by atoms with Crippen molar-refractivity contribution in [3.8, 4) is 0 Å². The maximum absolute atomic E-state index is 11.4. The molecule has 0 aliphatic carbocycles. The summed E-state index contributed by atoms with van der Waals surface area (Å²) in [6.45, 7) is 13.2. The number of hydrogen-bond donors (Lipinski definition) is 2. The van der Waals surface area contributed by atoms with Crippen molar-refractivity contribution in [1.29, 1.82) is 0 Å². The first-order valence-electron chi connectivity index (χ1n) is 7.29. The topological polar surface area (TPSA) is 52.6 Å². The van der Waals surface area contributed by atoms with Crippen LogP contribution in [0, 0.1) is 5.92 Å². The molecular formula is C15H32N2O2. The van der Waals surface area contributed by atoms with Gasteiger partial charge in [0.05, 0.1) is 0 Å². The molecule has 0 saturated carbocycles. The second-order valence-corrected chi connectivity index (χ2v) is 6.65. The van der Waals surface area contributed by atoms with Crippen molar-refractivity contribution in [2.24, 2.45) is 5.92 Å². The van der Waals surface area contributed by atoms with E-state index in [9.17, 15) is 9.90 Å². The number of nitrogens with zero attached hydrogens (tertiary/aromatic N) is 1. The van der Waals surface area contributed by atoms with Gasteiger partial charge in [-0.15, -0.1) is 0 Å². The quantitative estimate of drug-likeness (QED) is 0.677. The van der Waals surface area contributed by atoms with Crippen LogP contribution in [0.3, 0.4) is 0 Å². The van der Waals surface area contributed by atoms with Gasteiger partial charge in [0.25, 0.3) is 0 Å². The van der Waals surface area contributed by atoms with E-state index < -0.39 is 11.5 Å². The summed E-state index contributed by atoms with van der Waals surface area (Å²) in [5.74, 6) is -0.108. The lowest BCUT2D eigenvalue weighted by Crippen LogP contribution is -2.54. The van der Waals surface area contributed by atoms with Gasteiger partial charge in [-0.05, 0) is 53.5 Å². The molecule has 114 valence electrons. The molecule has 0 aromatic rings. The van der Waals surface area contributed by atoms with E-state index in [1.807, 2.05) is 13.8 Å². The zero-order chi connectivity index (χ0) is 15.2. The molecule has 0 rings (SSSR count). The number of nitrogens with one attached hydrogen (secondary N) is 1. The number of carboxylic acid groups (broad SMARTS) is 1. The van der Waals surface area contributed by atoms with Crippen molar-refractivity contribution >= 4 is 5.97 Å². The van der Waals surface area contributed by atoms with Gasteiger partial charge >= 0.3 is 5.97 Å². The zero-order valence-electron chi connectivity index (χ0n) is 13.7. The number of carboxylic acids is 1. The van der Waals surface area contributed by atoms with Gasteiger partial charge < -0.3 is 10.0 Å². The minimum absolute atomic E-state index is 0.166. The first kappa shape index (κ1) is 18.4. The molecule has 0 heterocycles. The molecule has 4 nitrogen and oxygen atoms in total. The highest BCUT2D eigenvalue weighted by molar-refractivity contribution is 5.78. The Kier molecular flexibility index (Phi) is 7.60. The summed E-state index contributed by atoms with van der Waals surface area (Å²) in [5, 5.41) is 12.6. The molecule has 2 atom stereocenters. The normalized spacial score (nSPS) is 16.9. The molecule has 0 aromatic heterocycles. The summed E-state index contributed by atoms with van der Waals surface area (Å²) in [5.41, 5.74) is -0.847. The van der Waals surface area contributed by atoms with E-state index in [1.165, 1.54) is 0 Å². The van der Waals surface area contributed by atoms with Gasteiger partial charge in [-0.1, -0.05) is 13.8 Å². The number of hydrogen-bond acceptors (Lipinski definition) is 3. The predicted molar refractivity (Wildman–Crippen MR) is 80.5 cm³/mol. The molecule has 19 heavy (non-hydrogen) atoms. The van der Waals surface area contributed by atoms with Crippen LogP contribution in [0.15, 0.2) is 0 Å². The monoisotopic (exact) mass is 272 g/mol. The molecule has 2 N–H and O–H groups in total. The number of rotatable bonds is 9. The van der Waals surface area contributed by atoms with Gasteiger partial charge in [0.15, 0.2) is 0 Å². The Morgan fingerprint density at radius 1 is 1.26 bits per heavy atom. The molecule has 0 bridgehead atoms. The third kappa shape index (κ3) is 6.92. The molecule has 0 aromatic carbocycles. The minimum atomic E-state index is -0.847. The molecule has 4 heteroatoms. The summed E-state index contributed by atoms with van der Waals surface area (Å²) >= 11 is 0. The highest BCUT2D eigenvalue weighted by atomic mass is 16.4. The highest BCUT2D eigenvalue weighted by Gasteiger charge is 2.33. The number of aliphatic carboxylic acids is 1. The molecule has 0 radical (unpaired) electrons. The molecular weight excluding hydrogens is 240 g/mol. The lowest BCUT2D eigenvalue weighted by molar-refractivity contribution is -0.145. The van der Waals surface area contributed by atoms with Gasteiger partial charge in [-0.25, -0.2) is 0 Å². The largest absolute Gasteiger partial charge is 0.480 e. The summed E-state index contributed by atoms with van der Waals surface area (Å²) in [6.07, 6.45) is 1.75. The van der Waals surface area contributed by atoms with Crippen molar-refractivity contribution in [2.75, 3.05) is 13.6 Å². The third-order valence-electron chi connectivity index (χ3n) is 3.61. The van der Waals surface area contributed by atoms with Crippen molar-refractivity contribution < 1.29 is 9.90 Å². The highest BCUT2D eigenvalue weighted by Crippen LogP contribution is 2.15. The second kappa shape index (κ2) is 7.85. The van der Waals surface area contributed by atoms with Gasteiger partial charge in [-0.3, -0.25) is 10.1 Å². The maximum Gasteiger partial charge on any atom is 0.323 e. The molecule has 0 aliphatic heterocycles. The fourth-order valence-corrected chi connectivity index (χ4v) is 2.36. The van der Waals surface area contributed by atoms with Crippen LogP contribution in [0.5, 0.6) is 0 Å². The third-order valence-corrected chi connectivity index (χ3v) is 3.61. The van der Waals surface area contributed by atoms with E-state index in [-0.39, 0.29) is 6.04 Å². The van der Waals surface area contributed by atoms with Crippen molar-refractivity contribution in [1.82, 2.24) is 10.2 Å². The van der Waals surface area contributed by atoms with Crippen LogP contribution in [0.25, 0.3) is 0 Å². The molecule has 0 saturated heterocycles. The summed E-state index contributed by atoms with van der Waals surface area (Å²) in [6, 6.07) is 0.650. The Morgan fingerprint density at radius 3 is 2.16 bits per heavy atom. The van der Waals surface area contributed by atoms with Crippen molar-refractivity contribution in [3.63, 3.8) is 0 Å². The predicted octanol–water partition coefficient (Wildman–Crippen LogP) is 2.58. The average Bonchev–Trinajstić information content (AvgIpc) is 2.23. The van der Waals surface area contributed by atoms with E-state index in [1.54, 1.807) is 6.92 Å². The Balaban J connectivity index is 4.43. The fraction of sp³-hybridized carbons (Fsp3) is 0.933. The molecule has 0 fully saturated rings. The zero-order valence-corrected chi connectivity index (χ0v) is 13.7. The lowest BCUT2D eigenvalue weighted by Gasteiger charge is -2.33. The van der Waals surface area contributed by atoms with Crippen LogP contribution in [0.4, 0.5) is 0 Å². The Bertz CT molecular complexity index is 279. The van der Waals surface area contributed by atoms with Crippen LogP contribution in [0.2, 0.25) is 0 Å². The van der Waals surface area contributed by atoms with E-state index in [0.717, 1.165) is 13.0 Å². The molecule has 0 amide bonds. The van der Waals surface area contributed by atoms with E-state index in [2.05, 4.69) is 38.0 Å². The summed E-state index contributed by atoms with van der Waals surface area (Å²) in [4.78, 5) is 13.7. The second-order valence-electron chi connectivity index (χ2n) is 6.65. The summed E-state index contributed by atoms with van der Waals surface area (Å²) in [7, 11) is 2.07. The first-order chi connectivity index (χ1) is 8.58. The average molecular weight is 272 g/mol. The maximum atomic E-state index is 11.4. The van der Waals surface area contributed by atoms with Crippen LogP contribution in [0.1, 0.15) is 54.4 Å². The van der Waals surface area contributed by atoms with Gasteiger partial charge in [0.1, 0.15) is 5.54 Å². The van der Waals surface area contributed by atoms with Crippen LogP contribution >= 0.6 is 0 Å². The van der Waals surface area contributed by atoms with Crippen molar-refractivity contribution in [2.45, 2.75) is 72.0 Å². The van der Waals surface area contributed by atoms with Gasteiger partial charge in [0.2, 0.25) is 0 Å². The molecule has 2 unspecified atom stereocenters. The van der Waals surface area contributed by atoms with Crippen LogP contribution < -0.4 is 5.32 Å². The standard InChI is InChI=1S/C15H32N2O2/c1-11(2)10-13(5)17(7)9-8-15(6,14(18)19)16-12(3)4/h11-13,16H,8-10H2,1-7H3,(H,18,19). The van der Waals surface area contributed by atoms with Crippen LogP contribution in [-0.4, -0.2) is 47.2 Å². The van der Waals surface area contributed by atoms with E-state index in [0.29, 0.717) is 18.4 Å². The Hall–Kier alpha value is -0.610. The minimum Gasteiger partial charge on any atom is -0.480 e. The Labute approximate surface area is 118 Å². The number of carbonyl (C=O) groups is 1. The lowest BCUT2D eigenvalue weighted by atomic mass is 9.95. The van der Waals surface area contributed by atoms with E-state index in [4.69, 9.17) is 0 Å². The van der Waals surface area contributed by atoms with Crippen LogP contribution in [-0.2, 0) is 4.79 Å². The van der Waals surface area contributed by atoms with E-state index >= 15 is 0 Å². The Morgan fingerprint density at radius 2 is 1.79 bits per heavy atom.